The molecule has 0 unspecified atom stereocenters. The maximum atomic E-state index is 7.53. The molecule has 0 heterocycles. The molecule has 0 amide bonds. The summed E-state index contributed by atoms with van der Waals surface area (Å²) in [5.41, 5.74) is 5.95. The van der Waals surface area contributed by atoms with Crippen molar-refractivity contribution in [3.63, 3.8) is 0 Å². The molecule has 0 aliphatic rings. The van der Waals surface area contributed by atoms with E-state index >= 15 is 0 Å². The second-order valence-electron chi connectivity index (χ2n) is 4.39. The molecule has 0 atom stereocenters. The number of benzene rings is 2. The summed E-state index contributed by atoms with van der Waals surface area (Å²) in [6, 6.07) is 14.8. The number of para-hydroxylation sites is 1. The SMILES string of the molecule is N=C(N)c1c(Cl)cccc1OCCCOc1ccccc1. The third kappa shape index (κ3) is 4.39. The Balaban J connectivity index is 1.81. The monoisotopic (exact) mass is 304 g/mol. The molecule has 2 aromatic carbocycles. The molecule has 0 radical (unpaired) electrons. The van der Waals surface area contributed by atoms with Crippen molar-refractivity contribution >= 4 is 17.4 Å². The van der Waals surface area contributed by atoms with Gasteiger partial charge in [0.05, 0.1) is 23.8 Å². The van der Waals surface area contributed by atoms with Crippen LogP contribution in [0.2, 0.25) is 5.02 Å². The first kappa shape index (κ1) is 15.2. The molecule has 2 rings (SSSR count). The van der Waals surface area contributed by atoms with Crippen molar-refractivity contribution in [3.8, 4) is 11.5 Å². The van der Waals surface area contributed by atoms with Gasteiger partial charge in [0, 0.05) is 6.42 Å². The summed E-state index contributed by atoms with van der Waals surface area (Å²) in [6.45, 7) is 1.02. The van der Waals surface area contributed by atoms with Crippen molar-refractivity contribution in [2.75, 3.05) is 13.2 Å². The van der Waals surface area contributed by atoms with Crippen LogP contribution in [-0.2, 0) is 0 Å². The first-order chi connectivity index (χ1) is 10.2. The Morgan fingerprint density at radius 1 is 1.00 bits per heavy atom. The fraction of sp³-hybridized carbons (Fsp3) is 0.188. The molecule has 0 saturated carbocycles. The Hall–Kier alpha value is -2.20. The number of rotatable bonds is 7. The van der Waals surface area contributed by atoms with Crippen molar-refractivity contribution in [2.24, 2.45) is 5.73 Å². The quantitative estimate of drug-likeness (QED) is 0.467. The van der Waals surface area contributed by atoms with Crippen LogP contribution in [0, 0.1) is 5.41 Å². The molecule has 0 aromatic heterocycles. The number of nitrogens with two attached hydrogens (primary N) is 1. The number of halogens is 1. The number of nitrogen functional groups attached to an aromatic ring is 1. The Labute approximate surface area is 129 Å². The average molecular weight is 305 g/mol. The lowest BCUT2D eigenvalue weighted by molar-refractivity contribution is 0.247. The molecule has 4 nitrogen and oxygen atoms in total. The third-order valence-corrected chi connectivity index (χ3v) is 3.12. The van der Waals surface area contributed by atoms with Crippen LogP contribution in [0.15, 0.2) is 48.5 Å². The first-order valence-electron chi connectivity index (χ1n) is 6.62. The standard InChI is InChI=1S/C16H17ClN2O2/c17-13-8-4-9-14(15(13)16(18)19)21-11-5-10-20-12-6-2-1-3-7-12/h1-4,6-9H,5,10-11H2,(H3,18,19). The minimum absolute atomic E-state index is 0.101. The van der Waals surface area contributed by atoms with Crippen LogP contribution in [0.3, 0.4) is 0 Å². The second-order valence-corrected chi connectivity index (χ2v) is 4.80. The van der Waals surface area contributed by atoms with E-state index in [4.69, 9.17) is 32.2 Å². The Morgan fingerprint density at radius 2 is 1.71 bits per heavy atom. The van der Waals surface area contributed by atoms with E-state index in [0.717, 1.165) is 12.2 Å². The highest BCUT2D eigenvalue weighted by Crippen LogP contribution is 2.25. The normalized spacial score (nSPS) is 10.1. The lowest BCUT2D eigenvalue weighted by atomic mass is 10.2. The molecule has 110 valence electrons. The second kappa shape index (κ2) is 7.55. The topological polar surface area (TPSA) is 68.3 Å². The van der Waals surface area contributed by atoms with E-state index in [1.807, 2.05) is 30.3 Å². The molecule has 0 aliphatic carbocycles. The van der Waals surface area contributed by atoms with Crippen molar-refractivity contribution in [2.45, 2.75) is 6.42 Å². The molecule has 21 heavy (non-hydrogen) atoms. The van der Waals surface area contributed by atoms with Crippen molar-refractivity contribution < 1.29 is 9.47 Å². The number of amidine groups is 1. The van der Waals surface area contributed by atoms with E-state index in [9.17, 15) is 0 Å². The summed E-state index contributed by atoms with van der Waals surface area (Å²) in [6.07, 6.45) is 0.721. The summed E-state index contributed by atoms with van der Waals surface area (Å²) in [5, 5.41) is 7.95. The smallest absolute Gasteiger partial charge is 0.131 e. The third-order valence-electron chi connectivity index (χ3n) is 2.80. The van der Waals surface area contributed by atoms with Crippen LogP contribution in [0.5, 0.6) is 11.5 Å². The van der Waals surface area contributed by atoms with Gasteiger partial charge in [0.1, 0.15) is 17.3 Å². The van der Waals surface area contributed by atoms with E-state index in [0.29, 0.717) is 29.5 Å². The molecule has 2 aromatic rings. The van der Waals surface area contributed by atoms with Crippen LogP contribution in [0.1, 0.15) is 12.0 Å². The molecule has 3 N–H and O–H groups in total. The van der Waals surface area contributed by atoms with Gasteiger partial charge < -0.3 is 15.2 Å². The lowest BCUT2D eigenvalue weighted by Gasteiger charge is -2.12. The van der Waals surface area contributed by atoms with Gasteiger partial charge in [0.25, 0.3) is 0 Å². The van der Waals surface area contributed by atoms with Crippen LogP contribution in [0.4, 0.5) is 0 Å². The van der Waals surface area contributed by atoms with E-state index < -0.39 is 0 Å². The Kier molecular flexibility index (Phi) is 5.46. The molecule has 0 saturated heterocycles. The van der Waals surface area contributed by atoms with Gasteiger partial charge in [-0.15, -0.1) is 0 Å². The summed E-state index contributed by atoms with van der Waals surface area (Å²) in [7, 11) is 0. The zero-order valence-corrected chi connectivity index (χ0v) is 12.3. The van der Waals surface area contributed by atoms with E-state index in [1.165, 1.54) is 0 Å². The summed E-state index contributed by atoms with van der Waals surface area (Å²) in [4.78, 5) is 0. The van der Waals surface area contributed by atoms with Crippen LogP contribution in [0.25, 0.3) is 0 Å². The van der Waals surface area contributed by atoms with Crippen molar-refractivity contribution in [3.05, 3.63) is 59.1 Å². The largest absolute Gasteiger partial charge is 0.493 e. The minimum atomic E-state index is -0.101. The molecule has 0 fully saturated rings. The highest BCUT2D eigenvalue weighted by Gasteiger charge is 2.10. The summed E-state index contributed by atoms with van der Waals surface area (Å²) >= 11 is 6.02. The highest BCUT2D eigenvalue weighted by atomic mass is 35.5. The predicted octanol–water partition coefficient (Wildman–Crippen LogP) is 3.47. The molecule has 0 aliphatic heterocycles. The number of hydrogen-bond acceptors (Lipinski definition) is 3. The van der Waals surface area contributed by atoms with Gasteiger partial charge >= 0.3 is 0 Å². The number of nitrogens with one attached hydrogen (secondary N) is 1. The number of hydrogen-bond donors (Lipinski definition) is 2. The maximum Gasteiger partial charge on any atom is 0.131 e. The molecular weight excluding hydrogens is 288 g/mol. The average Bonchev–Trinajstić information content (AvgIpc) is 2.47. The van der Waals surface area contributed by atoms with Gasteiger partial charge in [-0.05, 0) is 24.3 Å². The van der Waals surface area contributed by atoms with Gasteiger partial charge in [-0.25, -0.2) is 0 Å². The van der Waals surface area contributed by atoms with Gasteiger partial charge in [-0.3, -0.25) is 5.41 Å². The van der Waals surface area contributed by atoms with Gasteiger partial charge in [-0.2, -0.15) is 0 Å². The lowest BCUT2D eigenvalue weighted by Crippen LogP contribution is -2.14. The Morgan fingerprint density at radius 3 is 2.43 bits per heavy atom. The fourth-order valence-electron chi connectivity index (χ4n) is 1.83. The molecule has 0 spiro atoms. The summed E-state index contributed by atoms with van der Waals surface area (Å²) in [5.74, 6) is 1.26. The minimum Gasteiger partial charge on any atom is -0.493 e. The number of ether oxygens (including phenoxy) is 2. The van der Waals surface area contributed by atoms with Gasteiger partial charge in [0.15, 0.2) is 0 Å². The van der Waals surface area contributed by atoms with Crippen molar-refractivity contribution in [1.29, 1.82) is 5.41 Å². The predicted molar refractivity (Wildman–Crippen MR) is 84.5 cm³/mol. The molecular formula is C16H17ClN2O2. The summed E-state index contributed by atoms with van der Waals surface area (Å²) < 4.78 is 11.2. The maximum absolute atomic E-state index is 7.53. The Bertz CT molecular complexity index is 602. The highest BCUT2D eigenvalue weighted by molar-refractivity contribution is 6.34. The molecule has 5 heteroatoms. The van der Waals surface area contributed by atoms with Crippen LogP contribution >= 0.6 is 11.6 Å². The van der Waals surface area contributed by atoms with Gasteiger partial charge in [-0.1, -0.05) is 35.9 Å². The molecule has 0 bridgehead atoms. The van der Waals surface area contributed by atoms with Crippen molar-refractivity contribution in [1.82, 2.24) is 0 Å². The van der Waals surface area contributed by atoms with E-state index in [1.54, 1.807) is 18.2 Å². The van der Waals surface area contributed by atoms with Crippen LogP contribution in [-0.4, -0.2) is 19.0 Å². The fourth-order valence-corrected chi connectivity index (χ4v) is 2.10. The zero-order valence-electron chi connectivity index (χ0n) is 11.5. The van der Waals surface area contributed by atoms with Gasteiger partial charge in [0.2, 0.25) is 0 Å². The first-order valence-corrected chi connectivity index (χ1v) is 7.00. The van der Waals surface area contributed by atoms with E-state index in [2.05, 4.69) is 0 Å². The van der Waals surface area contributed by atoms with Crippen LogP contribution < -0.4 is 15.2 Å². The van der Waals surface area contributed by atoms with E-state index in [-0.39, 0.29) is 5.84 Å². The zero-order chi connectivity index (χ0) is 15.1.